The second-order valence-corrected chi connectivity index (χ2v) is 4.24. The van der Waals surface area contributed by atoms with Crippen LogP contribution in [0.1, 0.15) is 6.92 Å². The molecule has 1 aliphatic heterocycles. The van der Waals surface area contributed by atoms with Gasteiger partial charge in [-0.25, -0.2) is 4.79 Å². The van der Waals surface area contributed by atoms with Crippen LogP contribution in [0.15, 0.2) is 18.5 Å². The molecular formula is C12H19N5O. The maximum atomic E-state index is 11.7. The Morgan fingerprint density at radius 2 is 2.17 bits per heavy atom. The van der Waals surface area contributed by atoms with Gasteiger partial charge >= 0.3 is 6.03 Å². The summed E-state index contributed by atoms with van der Waals surface area (Å²) in [5.41, 5.74) is 7.58. The van der Waals surface area contributed by atoms with Crippen molar-refractivity contribution in [2.24, 2.45) is 0 Å². The molecular weight excluding hydrogens is 230 g/mol. The van der Waals surface area contributed by atoms with E-state index in [0.717, 1.165) is 18.8 Å². The molecule has 1 aliphatic rings. The zero-order valence-corrected chi connectivity index (χ0v) is 10.6. The first-order valence-corrected chi connectivity index (χ1v) is 6.19. The Morgan fingerprint density at radius 1 is 1.44 bits per heavy atom. The summed E-state index contributed by atoms with van der Waals surface area (Å²) in [7, 11) is 0. The summed E-state index contributed by atoms with van der Waals surface area (Å²) < 4.78 is 0. The fourth-order valence-corrected chi connectivity index (χ4v) is 2.10. The van der Waals surface area contributed by atoms with Crippen molar-refractivity contribution >= 4 is 17.4 Å². The number of hydrogen-bond acceptors (Lipinski definition) is 4. The van der Waals surface area contributed by atoms with Gasteiger partial charge in [-0.1, -0.05) is 0 Å². The second kappa shape index (κ2) is 5.57. The van der Waals surface area contributed by atoms with E-state index in [4.69, 9.17) is 5.73 Å². The predicted molar refractivity (Wildman–Crippen MR) is 71.5 cm³/mol. The van der Waals surface area contributed by atoms with Crippen LogP contribution in [0.5, 0.6) is 0 Å². The van der Waals surface area contributed by atoms with E-state index in [1.165, 1.54) is 0 Å². The van der Waals surface area contributed by atoms with Gasteiger partial charge in [-0.3, -0.25) is 4.98 Å². The van der Waals surface area contributed by atoms with Crippen molar-refractivity contribution < 1.29 is 4.79 Å². The topological polar surface area (TPSA) is 74.5 Å². The van der Waals surface area contributed by atoms with Crippen molar-refractivity contribution in [1.29, 1.82) is 0 Å². The molecule has 1 fully saturated rings. The molecule has 18 heavy (non-hydrogen) atoms. The third-order valence-corrected chi connectivity index (χ3v) is 3.06. The number of nitrogens with zero attached hydrogens (tertiary/aromatic N) is 3. The van der Waals surface area contributed by atoms with Crippen LogP contribution >= 0.6 is 0 Å². The number of rotatable bonds is 2. The fraction of sp³-hybridized carbons (Fsp3) is 0.500. The van der Waals surface area contributed by atoms with E-state index in [1.807, 2.05) is 17.9 Å². The normalized spacial score (nSPS) is 15.6. The Balaban J connectivity index is 1.95. The summed E-state index contributed by atoms with van der Waals surface area (Å²) >= 11 is 0. The molecule has 3 N–H and O–H groups in total. The van der Waals surface area contributed by atoms with Gasteiger partial charge in [-0.15, -0.1) is 0 Å². The molecule has 0 bridgehead atoms. The summed E-state index contributed by atoms with van der Waals surface area (Å²) in [6.45, 7) is 5.61. The number of nitrogen functional groups attached to an aromatic ring is 1. The molecule has 6 nitrogen and oxygen atoms in total. The van der Waals surface area contributed by atoms with Crippen molar-refractivity contribution in [3.8, 4) is 0 Å². The molecule has 1 saturated heterocycles. The molecule has 0 spiro atoms. The van der Waals surface area contributed by atoms with Crippen molar-refractivity contribution in [2.45, 2.75) is 6.92 Å². The molecule has 2 heterocycles. The molecule has 0 saturated carbocycles. The van der Waals surface area contributed by atoms with Gasteiger partial charge in [0.15, 0.2) is 0 Å². The van der Waals surface area contributed by atoms with Crippen molar-refractivity contribution in [2.75, 3.05) is 43.4 Å². The molecule has 0 radical (unpaired) electrons. The molecule has 98 valence electrons. The third kappa shape index (κ3) is 2.64. The van der Waals surface area contributed by atoms with Gasteiger partial charge in [0.05, 0.1) is 17.6 Å². The lowest BCUT2D eigenvalue weighted by atomic mass is 10.2. The number of pyridine rings is 1. The number of amides is 2. The highest BCUT2D eigenvalue weighted by atomic mass is 16.2. The predicted octanol–water partition coefficient (Wildman–Crippen LogP) is 0.515. The lowest BCUT2D eigenvalue weighted by Gasteiger charge is -2.36. The Morgan fingerprint density at radius 3 is 2.78 bits per heavy atom. The Kier molecular flexibility index (Phi) is 3.86. The zero-order chi connectivity index (χ0) is 13.0. The number of aromatic nitrogens is 1. The first kappa shape index (κ1) is 12.5. The molecule has 0 aromatic carbocycles. The van der Waals surface area contributed by atoms with Crippen LogP contribution in [0.25, 0.3) is 0 Å². The SMILES string of the molecule is CCNC(=O)N1CCN(c2ccncc2N)CC1. The minimum Gasteiger partial charge on any atom is -0.396 e. The van der Waals surface area contributed by atoms with Crippen LogP contribution < -0.4 is 16.0 Å². The van der Waals surface area contributed by atoms with Gasteiger partial charge in [-0.05, 0) is 13.0 Å². The van der Waals surface area contributed by atoms with E-state index in [0.29, 0.717) is 25.3 Å². The largest absolute Gasteiger partial charge is 0.396 e. The van der Waals surface area contributed by atoms with Crippen LogP contribution in [0.3, 0.4) is 0 Å². The van der Waals surface area contributed by atoms with Gasteiger partial charge in [0, 0.05) is 38.9 Å². The molecule has 0 atom stereocenters. The van der Waals surface area contributed by atoms with Gasteiger partial charge in [-0.2, -0.15) is 0 Å². The summed E-state index contributed by atoms with van der Waals surface area (Å²) in [6, 6.07) is 1.93. The Hall–Kier alpha value is -1.98. The molecule has 2 amide bonds. The number of nitrogens with one attached hydrogen (secondary N) is 1. The molecule has 1 aromatic heterocycles. The van der Waals surface area contributed by atoms with Crippen molar-refractivity contribution in [3.05, 3.63) is 18.5 Å². The van der Waals surface area contributed by atoms with Crippen LogP contribution in [-0.4, -0.2) is 48.6 Å². The van der Waals surface area contributed by atoms with Crippen LogP contribution in [0, 0.1) is 0 Å². The number of hydrogen-bond donors (Lipinski definition) is 2. The molecule has 6 heteroatoms. The molecule has 2 rings (SSSR count). The van der Waals surface area contributed by atoms with E-state index in [9.17, 15) is 4.79 Å². The maximum Gasteiger partial charge on any atom is 0.317 e. The van der Waals surface area contributed by atoms with E-state index >= 15 is 0 Å². The molecule has 0 aliphatic carbocycles. The highest BCUT2D eigenvalue weighted by molar-refractivity contribution is 5.74. The van der Waals surface area contributed by atoms with Crippen LogP contribution in [0.2, 0.25) is 0 Å². The number of carbonyl (C=O) groups is 1. The lowest BCUT2D eigenvalue weighted by Crippen LogP contribution is -2.52. The number of carbonyl (C=O) groups excluding carboxylic acids is 1. The van der Waals surface area contributed by atoms with Crippen molar-refractivity contribution in [3.63, 3.8) is 0 Å². The zero-order valence-electron chi connectivity index (χ0n) is 10.6. The third-order valence-electron chi connectivity index (χ3n) is 3.06. The Bertz CT molecular complexity index is 415. The highest BCUT2D eigenvalue weighted by Crippen LogP contribution is 2.22. The van der Waals surface area contributed by atoms with Crippen molar-refractivity contribution in [1.82, 2.24) is 15.2 Å². The quantitative estimate of drug-likeness (QED) is 0.801. The first-order chi connectivity index (χ1) is 8.72. The van der Waals surface area contributed by atoms with Gasteiger partial charge in [0.25, 0.3) is 0 Å². The second-order valence-electron chi connectivity index (χ2n) is 4.24. The number of anilines is 2. The average Bonchev–Trinajstić information content (AvgIpc) is 2.40. The van der Waals surface area contributed by atoms with E-state index in [-0.39, 0.29) is 6.03 Å². The number of piperazine rings is 1. The van der Waals surface area contributed by atoms with E-state index in [1.54, 1.807) is 12.4 Å². The smallest absolute Gasteiger partial charge is 0.317 e. The number of urea groups is 1. The van der Waals surface area contributed by atoms with Gasteiger partial charge in [0.2, 0.25) is 0 Å². The maximum absolute atomic E-state index is 11.7. The van der Waals surface area contributed by atoms with E-state index < -0.39 is 0 Å². The standard InChI is InChI=1S/C12H19N5O/c1-2-15-12(18)17-7-5-16(6-8-17)11-3-4-14-9-10(11)13/h3-4,9H,2,5-8,13H2,1H3,(H,15,18). The summed E-state index contributed by atoms with van der Waals surface area (Å²) in [6.07, 6.45) is 3.40. The average molecular weight is 249 g/mol. The fourth-order valence-electron chi connectivity index (χ4n) is 2.10. The van der Waals surface area contributed by atoms with E-state index in [2.05, 4.69) is 15.2 Å². The monoisotopic (exact) mass is 249 g/mol. The number of nitrogens with two attached hydrogens (primary N) is 1. The minimum absolute atomic E-state index is 0.0138. The summed E-state index contributed by atoms with van der Waals surface area (Å²) in [4.78, 5) is 19.7. The highest BCUT2D eigenvalue weighted by Gasteiger charge is 2.21. The molecule has 1 aromatic rings. The van der Waals surface area contributed by atoms with Crippen LogP contribution in [0.4, 0.5) is 16.2 Å². The molecule has 0 unspecified atom stereocenters. The summed E-state index contributed by atoms with van der Waals surface area (Å²) in [5, 5.41) is 2.82. The first-order valence-electron chi connectivity index (χ1n) is 6.19. The minimum atomic E-state index is 0.0138. The summed E-state index contributed by atoms with van der Waals surface area (Å²) in [5.74, 6) is 0. The van der Waals surface area contributed by atoms with Crippen LogP contribution in [-0.2, 0) is 0 Å². The lowest BCUT2D eigenvalue weighted by molar-refractivity contribution is 0.195. The Labute approximate surface area is 107 Å². The van der Waals surface area contributed by atoms with Gasteiger partial charge in [0.1, 0.15) is 0 Å². The van der Waals surface area contributed by atoms with Gasteiger partial charge < -0.3 is 20.9 Å².